The molecular formula is C7H9Cl3N4O. The Morgan fingerprint density at radius 2 is 1.27 bits per heavy atom. The van der Waals surface area contributed by atoms with E-state index in [0.29, 0.717) is 0 Å². The second-order valence-corrected chi connectivity index (χ2v) is 3.52. The van der Waals surface area contributed by atoms with E-state index in [0.717, 1.165) is 26.3 Å². The smallest absolute Gasteiger partial charge is 0.227 e. The summed E-state index contributed by atoms with van der Waals surface area (Å²) in [5.41, 5.74) is 0. The Bertz CT molecular complexity index is 246. The van der Waals surface area contributed by atoms with E-state index >= 15 is 0 Å². The highest BCUT2D eigenvalue weighted by Gasteiger charge is 1.97. The number of morpholine rings is 1. The molecule has 0 unspecified atom stereocenters. The molecule has 0 radical (unpaired) electrons. The number of hydrogen-bond acceptors (Lipinski definition) is 5. The van der Waals surface area contributed by atoms with Crippen molar-refractivity contribution in [2.75, 3.05) is 26.3 Å². The number of hydrogen-bond donors (Lipinski definition) is 1. The predicted molar refractivity (Wildman–Crippen MR) is 58.5 cm³/mol. The van der Waals surface area contributed by atoms with E-state index in [-0.39, 0.29) is 15.9 Å². The highest BCUT2D eigenvalue weighted by atomic mass is 35.5. The van der Waals surface area contributed by atoms with Crippen molar-refractivity contribution in [3.05, 3.63) is 15.9 Å². The summed E-state index contributed by atoms with van der Waals surface area (Å²) in [5.74, 6) is 0. The SMILES string of the molecule is C1COCCN1.Clc1nc(Cl)nc(Cl)n1. The van der Waals surface area contributed by atoms with Gasteiger partial charge in [-0.2, -0.15) is 15.0 Å². The van der Waals surface area contributed by atoms with Crippen LogP contribution in [0.2, 0.25) is 15.9 Å². The lowest BCUT2D eigenvalue weighted by molar-refractivity contribution is 0.109. The number of ether oxygens (including phenoxy) is 1. The standard InChI is InChI=1S/C4H9NO.C3Cl3N3/c1-3-6-4-2-5-1;4-1-7-2(5)9-3(6)8-1/h5H,1-4H2;. The molecule has 1 N–H and O–H groups in total. The Morgan fingerprint density at radius 3 is 1.47 bits per heavy atom. The van der Waals surface area contributed by atoms with Gasteiger partial charge < -0.3 is 10.1 Å². The van der Waals surface area contributed by atoms with Crippen molar-refractivity contribution >= 4 is 34.8 Å². The van der Waals surface area contributed by atoms with Crippen LogP contribution in [0.25, 0.3) is 0 Å². The van der Waals surface area contributed by atoms with Crippen molar-refractivity contribution in [2.45, 2.75) is 0 Å². The van der Waals surface area contributed by atoms with Crippen LogP contribution >= 0.6 is 34.8 Å². The minimum Gasteiger partial charge on any atom is -0.379 e. The van der Waals surface area contributed by atoms with Gasteiger partial charge in [-0.15, -0.1) is 0 Å². The Balaban J connectivity index is 0.000000162. The lowest BCUT2D eigenvalue weighted by Crippen LogP contribution is -2.30. The summed E-state index contributed by atoms with van der Waals surface area (Å²) < 4.78 is 5.01. The topological polar surface area (TPSA) is 59.9 Å². The predicted octanol–water partition coefficient (Wildman–Crippen LogP) is 1.44. The molecule has 1 fully saturated rings. The Morgan fingerprint density at radius 1 is 0.867 bits per heavy atom. The van der Waals surface area contributed by atoms with Crippen molar-refractivity contribution in [1.29, 1.82) is 0 Å². The van der Waals surface area contributed by atoms with Crippen LogP contribution in [0.1, 0.15) is 0 Å². The lowest BCUT2D eigenvalue weighted by atomic mass is 10.5. The van der Waals surface area contributed by atoms with Crippen LogP contribution < -0.4 is 5.32 Å². The molecule has 84 valence electrons. The molecule has 0 spiro atoms. The van der Waals surface area contributed by atoms with Crippen LogP contribution in [0, 0.1) is 0 Å². The van der Waals surface area contributed by atoms with E-state index in [1.807, 2.05) is 0 Å². The van der Waals surface area contributed by atoms with Crippen molar-refractivity contribution in [3.63, 3.8) is 0 Å². The first-order valence-electron chi connectivity index (χ1n) is 4.19. The van der Waals surface area contributed by atoms with Gasteiger partial charge in [-0.1, -0.05) is 0 Å². The fourth-order valence-corrected chi connectivity index (χ4v) is 1.43. The first-order valence-corrected chi connectivity index (χ1v) is 5.33. The van der Waals surface area contributed by atoms with Crippen molar-refractivity contribution in [1.82, 2.24) is 20.3 Å². The molecule has 0 aromatic carbocycles. The molecule has 0 aliphatic carbocycles. The summed E-state index contributed by atoms with van der Waals surface area (Å²) in [6.45, 7) is 3.83. The summed E-state index contributed by atoms with van der Waals surface area (Å²) in [5, 5.41) is 3.16. The first kappa shape index (κ1) is 12.9. The minimum atomic E-state index is 0.000000000000000444. The Hall–Kier alpha value is -0.200. The van der Waals surface area contributed by atoms with Crippen LogP contribution in [-0.2, 0) is 4.74 Å². The van der Waals surface area contributed by atoms with Gasteiger partial charge in [-0.25, -0.2) is 0 Å². The average molecular weight is 272 g/mol. The maximum atomic E-state index is 5.32. The summed E-state index contributed by atoms with van der Waals surface area (Å²) in [7, 11) is 0. The van der Waals surface area contributed by atoms with Crippen LogP contribution in [0.3, 0.4) is 0 Å². The largest absolute Gasteiger partial charge is 0.379 e. The van der Waals surface area contributed by atoms with Gasteiger partial charge in [0.1, 0.15) is 0 Å². The van der Waals surface area contributed by atoms with Crippen LogP contribution in [-0.4, -0.2) is 41.3 Å². The normalized spacial score (nSPS) is 15.4. The average Bonchev–Trinajstić information content (AvgIpc) is 2.19. The summed E-state index contributed by atoms with van der Waals surface area (Å²) in [4.78, 5) is 10.4. The molecule has 5 nitrogen and oxygen atoms in total. The first-order chi connectivity index (χ1) is 7.18. The van der Waals surface area contributed by atoms with Gasteiger partial charge in [0.15, 0.2) is 0 Å². The second-order valence-electron chi connectivity index (χ2n) is 2.50. The lowest BCUT2D eigenvalue weighted by Gasteiger charge is -2.10. The van der Waals surface area contributed by atoms with Gasteiger partial charge in [0.2, 0.25) is 15.9 Å². The molecule has 2 heterocycles. The number of rotatable bonds is 0. The molecule has 15 heavy (non-hydrogen) atoms. The number of nitrogens with zero attached hydrogens (tertiary/aromatic N) is 3. The molecule has 1 aromatic rings. The summed E-state index contributed by atoms with van der Waals surface area (Å²) in [6, 6.07) is 0. The van der Waals surface area contributed by atoms with Crippen LogP contribution in [0.4, 0.5) is 0 Å². The second kappa shape index (κ2) is 7.14. The third-order valence-corrected chi connectivity index (χ3v) is 1.91. The molecule has 1 saturated heterocycles. The molecule has 8 heteroatoms. The van der Waals surface area contributed by atoms with E-state index in [4.69, 9.17) is 39.5 Å². The zero-order valence-electron chi connectivity index (χ0n) is 7.71. The Kier molecular flexibility index (Phi) is 6.12. The summed E-state index contributed by atoms with van der Waals surface area (Å²) >= 11 is 16.0. The molecule has 0 bridgehead atoms. The van der Waals surface area contributed by atoms with Gasteiger partial charge in [-0.3, -0.25) is 0 Å². The quantitative estimate of drug-likeness (QED) is 0.774. The monoisotopic (exact) mass is 270 g/mol. The molecule has 0 amide bonds. The maximum Gasteiger partial charge on any atom is 0.227 e. The molecule has 0 atom stereocenters. The Labute approximate surface area is 102 Å². The highest BCUT2D eigenvalue weighted by Crippen LogP contribution is 2.08. The van der Waals surface area contributed by atoms with E-state index < -0.39 is 0 Å². The minimum absolute atomic E-state index is 0.000000000000000444. The van der Waals surface area contributed by atoms with Crippen molar-refractivity contribution in [2.24, 2.45) is 0 Å². The van der Waals surface area contributed by atoms with Crippen LogP contribution in [0.15, 0.2) is 0 Å². The van der Waals surface area contributed by atoms with E-state index in [2.05, 4.69) is 20.3 Å². The molecule has 2 rings (SSSR count). The zero-order valence-corrected chi connectivity index (χ0v) is 9.98. The van der Waals surface area contributed by atoms with E-state index in [1.54, 1.807) is 0 Å². The van der Waals surface area contributed by atoms with Gasteiger partial charge in [0, 0.05) is 13.1 Å². The number of nitrogens with one attached hydrogen (secondary N) is 1. The van der Waals surface area contributed by atoms with Gasteiger partial charge in [-0.05, 0) is 34.8 Å². The third kappa shape index (κ3) is 6.06. The fraction of sp³-hybridized carbons (Fsp3) is 0.571. The summed E-state index contributed by atoms with van der Waals surface area (Å²) in [6.07, 6.45) is 0. The van der Waals surface area contributed by atoms with E-state index in [1.165, 1.54) is 0 Å². The van der Waals surface area contributed by atoms with Gasteiger partial charge in [0.05, 0.1) is 13.2 Å². The fourth-order valence-electron chi connectivity index (χ4n) is 0.819. The van der Waals surface area contributed by atoms with Crippen LogP contribution in [0.5, 0.6) is 0 Å². The van der Waals surface area contributed by atoms with Gasteiger partial charge >= 0.3 is 0 Å². The molecule has 1 aromatic heterocycles. The third-order valence-electron chi connectivity index (χ3n) is 1.40. The molecular weight excluding hydrogens is 262 g/mol. The zero-order chi connectivity index (χ0) is 11.1. The molecule has 1 aliphatic rings. The molecule has 0 saturated carbocycles. The number of halogens is 3. The number of aromatic nitrogens is 3. The molecule has 1 aliphatic heterocycles. The highest BCUT2D eigenvalue weighted by molar-refractivity contribution is 6.33. The van der Waals surface area contributed by atoms with Crippen molar-refractivity contribution in [3.8, 4) is 0 Å². The van der Waals surface area contributed by atoms with E-state index in [9.17, 15) is 0 Å². The van der Waals surface area contributed by atoms with Crippen molar-refractivity contribution < 1.29 is 4.74 Å². The van der Waals surface area contributed by atoms with Gasteiger partial charge in [0.25, 0.3) is 0 Å². The maximum absolute atomic E-state index is 5.32.